The quantitative estimate of drug-likeness (QED) is 0.788. The predicted octanol–water partition coefficient (Wildman–Crippen LogP) is 1.34. The van der Waals surface area contributed by atoms with E-state index in [1.165, 1.54) is 0 Å². The molecule has 1 unspecified atom stereocenters. The van der Waals surface area contributed by atoms with Crippen LogP contribution in [0.5, 0.6) is 5.88 Å². The molecule has 1 rings (SSSR count). The fraction of sp³-hybridized carbons (Fsp3) is 0.455. The number of nitrogens with one attached hydrogen (secondary N) is 1. The van der Waals surface area contributed by atoms with Crippen molar-refractivity contribution in [2.75, 3.05) is 13.7 Å². The van der Waals surface area contributed by atoms with Crippen molar-refractivity contribution in [3.63, 3.8) is 0 Å². The van der Waals surface area contributed by atoms with E-state index in [2.05, 4.69) is 16.4 Å². The third-order valence-corrected chi connectivity index (χ3v) is 2.03. The fourth-order valence-corrected chi connectivity index (χ4v) is 1.21. The molecule has 0 aliphatic heterocycles. The van der Waals surface area contributed by atoms with E-state index in [-0.39, 0.29) is 5.92 Å². The van der Waals surface area contributed by atoms with Crippen molar-refractivity contribution in [2.45, 2.75) is 13.5 Å². The minimum atomic E-state index is 0.0210. The molecule has 4 heteroatoms. The Morgan fingerprint density at radius 2 is 2.47 bits per heavy atom. The van der Waals surface area contributed by atoms with E-state index in [0.29, 0.717) is 19.0 Å². The first-order valence-electron chi connectivity index (χ1n) is 4.86. The Morgan fingerprint density at radius 3 is 3.13 bits per heavy atom. The second kappa shape index (κ2) is 5.99. The molecule has 1 N–H and O–H groups in total. The molecule has 1 aromatic rings. The van der Waals surface area contributed by atoms with Crippen molar-refractivity contribution in [1.29, 1.82) is 5.26 Å². The Bertz CT molecular complexity index is 346. The average Bonchev–Trinajstić information content (AvgIpc) is 2.29. The van der Waals surface area contributed by atoms with Crippen LogP contribution in [0, 0.1) is 17.2 Å². The van der Waals surface area contributed by atoms with Crippen LogP contribution in [-0.4, -0.2) is 18.6 Å². The van der Waals surface area contributed by atoms with Gasteiger partial charge in [0.25, 0.3) is 0 Å². The molecule has 0 radical (unpaired) electrons. The summed E-state index contributed by atoms with van der Waals surface area (Å²) in [6.07, 6.45) is 1.69. The molecular weight excluding hydrogens is 190 g/mol. The summed E-state index contributed by atoms with van der Waals surface area (Å²) < 4.78 is 5.11. The molecule has 0 aromatic carbocycles. The van der Waals surface area contributed by atoms with Crippen LogP contribution in [0.15, 0.2) is 18.3 Å². The molecule has 0 fully saturated rings. The van der Waals surface area contributed by atoms with Crippen molar-refractivity contribution in [2.24, 2.45) is 5.92 Å². The van der Waals surface area contributed by atoms with Gasteiger partial charge in [-0.15, -0.1) is 0 Å². The standard InChI is InChI=1S/C11H15N3O/c1-9(6-12)7-13-8-10-4-3-5-14-11(10)15-2/h3-5,9,13H,7-8H2,1-2H3. The van der Waals surface area contributed by atoms with Gasteiger partial charge < -0.3 is 10.1 Å². The van der Waals surface area contributed by atoms with Gasteiger partial charge in [0.15, 0.2) is 0 Å². The lowest BCUT2D eigenvalue weighted by Gasteiger charge is -2.08. The van der Waals surface area contributed by atoms with Crippen molar-refractivity contribution in [1.82, 2.24) is 10.3 Å². The largest absolute Gasteiger partial charge is 0.481 e. The minimum Gasteiger partial charge on any atom is -0.481 e. The normalized spacial score (nSPS) is 11.8. The maximum atomic E-state index is 8.61. The van der Waals surface area contributed by atoms with E-state index >= 15 is 0 Å². The first-order valence-corrected chi connectivity index (χ1v) is 4.86. The van der Waals surface area contributed by atoms with Crippen LogP contribution in [0.3, 0.4) is 0 Å². The van der Waals surface area contributed by atoms with Gasteiger partial charge in [-0.25, -0.2) is 4.98 Å². The van der Waals surface area contributed by atoms with Crippen molar-refractivity contribution in [3.8, 4) is 11.9 Å². The zero-order valence-electron chi connectivity index (χ0n) is 9.03. The molecule has 0 amide bonds. The summed E-state index contributed by atoms with van der Waals surface area (Å²) in [5, 5.41) is 11.8. The molecule has 1 aromatic heterocycles. The molecule has 80 valence electrons. The van der Waals surface area contributed by atoms with Crippen LogP contribution in [-0.2, 0) is 6.54 Å². The van der Waals surface area contributed by atoms with Crippen LogP contribution in [0.1, 0.15) is 12.5 Å². The Labute approximate surface area is 89.9 Å². The number of rotatable bonds is 5. The van der Waals surface area contributed by atoms with Gasteiger partial charge in [0.2, 0.25) is 5.88 Å². The molecule has 1 heterocycles. The SMILES string of the molecule is COc1ncccc1CNCC(C)C#N. The van der Waals surface area contributed by atoms with Crippen LogP contribution < -0.4 is 10.1 Å². The van der Waals surface area contributed by atoms with Gasteiger partial charge in [0, 0.05) is 24.8 Å². The molecule has 0 bridgehead atoms. The third kappa shape index (κ3) is 3.56. The number of hydrogen-bond donors (Lipinski definition) is 1. The highest BCUT2D eigenvalue weighted by Crippen LogP contribution is 2.12. The number of ether oxygens (including phenoxy) is 1. The van der Waals surface area contributed by atoms with Crippen LogP contribution >= 0.6 is 0 Å². The number of aromatic nitrogens is 1. The molecule has 0 saturated carbocycles. The summed E-state index contributed by atoms with van der Waals surface area (Å²) in [7, 11) is 1.60. The predicted molar refractivity (Wildman–Crippen MR) is 57.3 cm³/mol. The van der Waals surface area contributed by atoms with Crippen LogP contribution in [0.25, 0.3) is 0 Å². The lowest BCUT2D eigenvalue weighted by atomic mass is 10.2. The summed E-state index contributed by atoms with van der Waals surface area (Å²) in [6.45, 7) is 3.23. The molecular formula is C11H15N3O. The van der Waals surface area contributed by atoms with Crippen molar-refractivity contribution < 1.29 is 4.74 Å². The number of pyridine rings is 1. The molecule has 0 saturated heterocycles. The smallest absolute Gasteiger partial charge is 0.217 e. The Hall–Kier alpha value is -1.60. The van der Waals surface area contributed by atoms with Gasteiger partial charge >= 0.3 is 0 Å². The summed E-state index contributed by atoms with van der Waals surface area (Å²) in [5.74, 6) is 0.655. The summed E-state index contributed by atoms with van der Waals surface area (Å²) >= 11 is 0. The number of nitrogens with zero attached hydrogens (tertiary/aromatic N) is 2. The van der Waals surface area contributed by atoms with Gasteiger partial charge in [-0.05, 0) is 13.0 Å². The van der Waals surface area contributed by atoms with Crippen molar-refractivity contribution >= 4 is 0 Å². The highest BCUT2D eigenvalue weighted by atomic mass is 16.5. The Kier molecular flexibility index (Phi) is 4.58. The summed E-state index contributed by atoms with van der Waals surface area (Å²) in [4.78, 5) is 4.09. The van der Waals surface area contributed by atoms with Gasteiger partial charge in [0.05, 0.1) is 19.1 Å². The molecule has 15 heavy (non-hydrogen) atoms. The Balaban J connectivity index is 2.47. The minimum absolute atomic E-state index is 0.0210. The highest BCUT2D eigenvalue weighted by molar-refractivity contribution is 5.24. The van der Waals surface area contributed by atoms with E-state index in [0.717, 1.165) is 5.56 Å². The maximum Gasteiger partial charge on any atom is 0.217 e. The van der Waals surface area contributed by atoms with Crippen LogP contribution in [0.4, 0.5) is 0 Å². The maximum absolute atomic E-state index is 8.61. The number of methoxy groups -OCH3 is 1. The van der Waals surface area contributed by atoms with Gasteiger partial charge in [0.1, 0.15) is 0 Å². The first-order chi connectivity index (χ1) is 7.27. The second-order valence-electron chi connectivity index (χ2n) is 3.33. The van der Waals surface area contributed by atoms with Crippen molar-refractivity contribution in [3.05, 3.63) is 23.9 Å². The molecule has 1 atom stereocenters. The average molecular weight is 205 g/mol. The summed E-state index contributed by atoms with van der Waals surface area (Å²) in [5.41, 5.74) is 1.00. The summed E-state index contributed by atoms with van der Waals surface area (Å²) in [6, 6.07) is 5.99. The van der Waals surface area contributed by atoms with E-state index < -0.39 is 0 Å². The van der Waals surface area contributed by atoms with Gasteiger partial charge in [-0.3, -0.25) is 0 Å². The topological polar surface area (TPSA) is 57.9 Å². The fourth-order valence-electron chi connectivity index (χ4n) is 1.21. The molecule has 0 aliphatic rings. The van der Waals surface area contributed by atoms with E-state index in [1.807, 2.05) is 19.1 Å². The molecule has 4 nitrogen and oxygen atoms in total. The second-order valence-corrected chi connectivity index (χ2v) is 3.33. The molecule has 0 aliphatic carbocycles. The number of nitriles is 1. The number of hydrogen-bond acceptors (Lipinski definition) is 4. The van der Waals surface area contributed by atoms with E-state index in [9.17, 15) is 0 Å². The van der Waals surface area contributed by atoms with Gasteiger partial charge in [-0.1, -0.05) is 6.07 Å². The van der Waals surface area contributed by atoms with E-state index in [4.69, 9.17) is 10.00 Å². The Morgan fingerprint density at radius 1 is 1.67 bits per heavy atom. The lowest BCUT2D eigenvalue weighted by molar-refractivity contribution is 0.390. The lowest BCUT2D eigenvalue weighted by Crippen LogP contribution is -2.20. The van der Waals surface area contributed by atoms with Gasteiger partial charge in [-0.2, -0.15) is 5.26 Å². The highest BCUT2D eigenvalue weighted by Gasteiger charge is 2.03. The zero-order valence-corrected chi connectivity index (χ0v) is 9.03. The zero-order chi connectivity index (χ0) is 11.1. The third-order valence-electron chi connectivity index (χ3n) is 2.03. The molecule has 0 spiro atoms. The monoisotopic (exact) mass is 205 g/mol. The first kappa shape index (κ1) is 11.5. The van der Waals surface area contributed by atoms with Crippen LogP contribution in [0.2, 0.25) is 0 Å². The van der Waals surface area contributed by atoms with E-state index in [1.54, 1.807) is 13.3 Å².